The molecule has 8 aromatic rings. The lowest BCUT2D eigenvalue weighted by Crippen LogP contribution is -2.27. The van der Waals surface area contributed by atoms with Crippen LogP contribution in [0, 0.1) is 30.1 Å². The van der Waals surface area contributed by atoms with Gasteiger partial charge in [0.2, 0.25) is 11.2 Å². The molecule has 0 spiro atoms. The molecule has 0 aliphatic heterocycles. The third kappa shape index (κ3) is 8.49. The van der Waals surface area contributed by atoms with E-state index in [0.717, 1.165) is 39.0 Å². The topological polar surface area (TPSA) is 139 Å². The standard InChI is InChI=1S/C25H22Cl2N6O.C18H15Cl2N3O/c1-16-5-4-6-19(11-16)33-14-18(29-30-33)13-31-22-7-2-3-8-23(22)32(25(31)28)15-24(34)17-9-10-20(26)21(27)12-17;1-2-9-22-15-5-3-4-6-16(15)23(18(22)21)11-17(24)12-7-8-13(19)14(20)10-12/h2-12,14,24,28,34H,13,15H2,1H3;1,3-8,10,17,21,24H,9,11H2. The number of nitrogens with zero attached hydrogens (tertiary/aromatic N) is 7. The van der Waals surface area contributed by atoms with Crippen molar-refractivity contribution < 1.29 is 10.2 Å². The summed E-state index contributed by atoms with van der Waals surface area (Å²) < 4.78 is 8.85. The molecular formula is C43H37Cl4N9O2. The Balaban J connectivity index is 0.000000188. The number of rotatable bonds is 10. The van der Waals surface area contributed by atoms with Gasteiger partial charge in [-0.15, -0.1) is 11.5 Å². The van der Waals surface area contributed by atoms with E-state index in [9.17, 15) is 10.2 Å². The van der Waals surface area contributed by atoms with Crippen molar-refractivity contribution in [1.29, 1.82) is 10.8 Å². The van der Waals surface area contributed by atoms with Crippen molar-refractivity contribution >= 4 is 68.5 Å². The molecule has 294 valence electrons. The van der Waals surface area contributed by atoms with E-state index in [2.05, 4.69) is 16.2 Å². The number of terminal acetylenes is 1. The van der Waals surface area contributed by atoms with E-state index in [0.29, 0.717) is 44.3 Å². The highest BCUT2D eigenvalue weighted by Gasteiger charge is 2.18. The first-order chi connectivity index (χ1) is 27.9. The molecule has 5 aromatic carbocycles. The molecule has 0 radical (unpaired) electrons. The second-order valence-corrected chi connectivity index (χ2v) is 15.2. The van der Waals surface area contributed by atoms with Crippen LogP contribution in [0.2, 0.25) is 20.1 Å². The molecule has 3 aromatic heterocycles. The molecule has 0 saturated heterocycles. The van der Waals surface area contributed by atoms with Gasteiger partial charge in [0, 0.05) is 0 Å². The van der Waals surface area contributed by atoms with Gasteiger partial charge in [0.05, 0.1) is 92.4 Å². The number of aliphatic hydroxyl groups excluding tert-OH is 2. The van der Waals surface area contributed by atoms with Crippen LogP contribution in [0.1, 0.15) is 34.6 Å². The van der Waals surface area contributed by atoms with E-state index in [4.69, 9.17) is 63.6 Å². The molecular weight excluding hydrogens is 816 g/mol. The highest BCUT2D eigenvalue weighted by Crippen LogP contribution is 2.28. The first-order valence-corrected chi connectivity index (χ1v) is 19.6. The van der Waals surface area contributed by atoms with Crippen molar-refractivity contribution in [1.82, 2.24) is 33.3 Å². The summed E-state index contributed by atoms with van der Waals surface area (Å²) in [5, 5.41) is 48.9. The van der Waals surface area contributed by atoms with Gasteiger partial charge >= 0.3 is 0 Å². The summed E-state index contributed by atoms with van der Waals surface area (Å²) in [4.78, 5) is 0. The summed E-state index contributed by atoms with van der Waals surface area (Å²) >= 11 is 24.1. The van der Waals surface area contributed by atoms with Gasteiger partial charge < -0.3 is 23.9 Å². The van der Waals surface area contributed by atoms with Gasteiger partial charge in [-0.25, -0.2) is 4.68 Å². The highest BCUT2D eigenvalue weighted by atomic mass is 35.5. The Morgan fingerprint density at radius 2 is 1.14 bits per heavy atom. The van der Waals surface area contributed by atoms with E-state index in [1.807, 2.05) is 90.5 Å². The number of hydrogen-bond donors (Lipinski definition) is 4. The smallest absolute Gasteiger partial charge is 0.203 e. The zero-order chi connectivity index (χ0) is 41.1. The Morgan fingerprint density at radius 1 is 0.638 bits per heavy atom. The van der Waals surface area contributed by atoms with Crippen molar-refractivity contribution in [2.45, 2.75) is 45.3 Å². The summed E-state index contributed by atoms with van der Waals surface area (Å²) in [6.07, 6.45) is 5.61. The van der Waals surface area contributed by atoms with Gasteiger partial charge in [-0.3, -0.25) is 15.4 Å². The average molecular weight is 854 g/mol. The Kier molecular flexibility index (Phi) is 12.3. The van der Waals surface area contributed by atoms with Crippen molar-refractivity contribution in [3.8, 4) is 18.0 Å². The van der Waals surface area contributed by atoms with E-state index < -0.39 is 12.2 Å². The summed E-state index contributed by atoms with van der Waals surface area (Å²) in [7, 11) is 0. The Bertz CT molecular complexity index is 2940. The first kappa shape index (κ1) is 40.6. The molecule has 0 fully saturated rings. The number of hydrogen-bond acceptors (Lipinski definition) is 6. The van der Waals surface area contributed by atoms with Crippen molar-refractivity contribution in [3.05, 3.63) is 169 Å². The number of para-hydroxylation sites is 4. The number of benzene rings is 5. The SMILES string of the molecule is C#CCn1c(=N)n(CC(O)c2ccc(Cl)c(Cl)c2)c2ccccc21.Cc1cccc(-n2cc(Cn3c(=N)n(CC(O)c4ccc(Cl)c(Cl)c4)c4ccccc43)nn2)c1. The van der Waals surface area contributed by atoms with Gasteiger partial charge in [-0.1, -0.05) is 106 Å². The number of nitrogens with one attached hydrogen (secondary N) is 2. The van der Waals surface area contributed by atoms with E-state index in [-0.39, 0.29) is 24.3 Å². The maximum absolute atomic E-state index is 10.9. The second-order valence-electron chi connectivity index (χ2n) is 13.6. The number of halogens is 4. The summed E-state index contributed by atoms with van der Waals surface area (Å²) in [6.45, 7) is 3.12. The van der Waals surface area contributed by atoms with Gasteiger partial charge in [0.25, 0.3) is 0 Å². The molecule has 58 heavy (non-hydrogen) atoms. The van der Waals surface area contributed by atoms with Crippen molar-refractivity contribution in [3.63, 3.8) is 0 Å². The van der Waals surface area contributed by atoms with Crippen LogP contribution in [0.5, 0.6) is 0 Å². The second kappa shape index (κ2) is 17.5. The molecule has 0 aliphatic rings. The summed E-state index contributed by atoms with van der Waals surface area (Å²) in [6, 6.07) is 33.5. The molecule has 2 atom stereocenters. The maximum atomic E-state index is 10.9. The molecule has 0 saturated carbocycles. The number of imidazole rings is 2. The van der Waals surface area contributed by atoms with Gasteiger partial charge in [-0.2, -0.15) is 0 Å². The van der Waals surface area contributed by atoms with E-state index >= 15 is 0 Å². The first-order valence-electron chi connectivity index (χ1n) is 18.1. The van der Waals surface area contributed by atoms with Crippen LogP contribution in [-0.2, 0) is 26.2 Å². The molecule has 3 heterocycles. The van der Waals surface area contributed by atoms with Crippen LogP contribution in [0.3, 0.4) is 0 Å². The largest absolute Gasteiger partial charge is 0.387 e. The fourth-order valence-electron chi connectivity index (χ4n) is 6.80. The van der Waals surface area contributed by atoms with Crippen LogP contribution < -0.4 is 11.2 Å². The number of aryl methyl sites for hydroxylation is 1. The lowest BCUT2D eigenvalue weighted by molar-refractivity contribution is 0.155. The van der Waals surface area contributed by atoms with Crippen LogP contribution in [0.4, 0.5) is 0 Å². The molecule has 0 aliphatic carbocycles. The lowest BCUT2D eigenvalue weighted by atomic mass is 10.1. The summed E-state index contributed by atoms with van der Waals surface area (Å²) in [5.41, 5.74) is 8.01. The fraction of sp³-hybridized carbons (Fsp3) is 0.163. The normalized spacial score (nSPS) is 12.3. The number of aromatic nitrogens is 7. The third-order valence-corrected chi connectivity index (χ3v) is 11.2. The average Bonchev–Trinajstić information content (AvgIpc) is 3.87. The fourth-order valence-corrected chi connectivity index (χ4v) is 7.41. The van der Waals surface area contributed by atoms with Gasteiger partial charge in [0.1, 0.15) is 5.69 Å². The minimum atomic E-state index is -0.856. The van der Waals surface area contributed by atoms with Crippen molar-refractivity contribution in [2.75, 3.05) is 0 Å². The Morgan fingerprint density at radius 3 is 1.64 bits per heavy atom. The Labute approximate surface area is 353 Å². The minimum Gasteiger partial charge on any atom is -0.387 e. The number of fused-ring (bicyclic) bond motifs is 2. The highest BCUT2D eigenvalue weighted by molar-refractivity contribution is 6.42. The molecule has 8 rings (SSSR count). The van der Waals surface area contributed by atoms with E-state index in [1.54, 1.807) is 54.8 Å². The zero-order valence-electron chi connectivity index (χ0n) is 31.1. The van der Waals surface area contributed by atoms with Crippen LogP contribution in [0.15, 0.2) is 115 Å². The van der Waals surface area contributed by atoms with Crippen LogP contribution in [0.25, 0.3) is 27.8 Å². The monoisotopic (exact) mass is 851 g/mol. The Hall–Kier alpha value is -5.58. The zero-order valence-corrected chi connectivity index (χ0v) is 34.1. The summed E-state index contributed by atoms with van der Waals surface area (Å²) in [5.74, 6) is 2.56. The molecule has 2 unspecified atom stereocenters. The lowest BCUT2D eigenvalue weighted by Gasteiger charge is -2.13. The molecule has 15 heteroatoms. The minimum absolute atomic E-state index is 0.195. The van der Waals surface area contributed by atoms with Crippen LogP contribution in [-0.4, -0.2) is 43.5 Å². The van der Waals surface area contributed by atoms with Gasteiger partial charge in [0.15, 0.2) is 0 Å². The molecule has 11 nitrogen and oxygen atoms in total. The quantitative estimate of drug-likeness (QED) is 0.103. The predicted molar refractivity (Wildman–Crippen MR) is 228 cm³/mol. The van der Waals surface area contributed by atoms with Crippen LogP contribution >= 0.6 is 46.4 Å². The van der Waals surface area contributed by atoms with Gasteiger partial charge in [-0.05, 0) is 84.3 Å². The third-order valence-electron chi connectivity index (χ3n) is 9.69. The number of aliphatic hydroxyl groups is 2. The van der Waals surface area contributed by atoms with Crippen molar-refractivity contribution in [2.24, 2.45) is 0 Å². The van der Waals surface area contributed by atoms with E-state index in [1.165, 1.54) is 0 Å². The predicted octanol–water partition coefficient (Wildman–Crippen LogP) is 8.50. The molecule has 0 bridgehead atoms. The maximum Gasteiger partial charge on any atom is 0.203 e. The molecule has 4 N–H and O–H groups in total. The molecule has 0 amide bonds.